The summed E-state index contributed by atoms with van der Waals surface area (Å²) < 4.78 is 0. The van der Waals surface area contributed by atoms with Crippen LogP contribution in [0.4, 0.5) is 0 Å². The van der Waals surface area contributed by atoms with Gasteiger partial charge in [-0.1, -0.05) is 23.7 Å². The fourth-order valence-corrected chi connectivity index (χ4v) is 2.35. The van der Waals surface area contributed by atoms with Gasteiger partial charge >= 0.3 is 0 Å². The zero-order valence-corrected chi connectivity index (χ0v) is 11.2. The van der Waals surface area contributed by atoms with Crippen molar-refractivity contribution in [1.82, 2.24) is 5.32 Å². The highest BCUT2D eigenvalue weighted by Gasteiger charge is 2.04. The lowest BCUT2D eigenvalue weighted by Crippen LogP contribution is -2.30. The molecule has 2 N–H and O–H groups in total. The third-order valence-corrected chi connectivity index (χ3v) is 3.53. The van der Waals surface area contributed by atoms with Crippen LogP contribution in [0.1, 0.15) is 13.3 Å². The van der Waals surface area contributed by atoms with Gasteiger partial charge in [0.1, 0.15) is 0 Å². The van der Waals surface area contributed by atoms with E-state index in [9.17, 15) is 4.79 Å². The van der Waals surface area contributed by atoms with Gasteiger partial charge in [0.25, 0.3) is 0 Å². The summed E-state index contributed by atoms with van der Waals surface area (Å²) >= 11 is 7.54. The van der Waals surface area contributed by atoms with Gasteiger partial charge in [0.15, 0.2) is 0 Å². The van der Waals surface area contributed by atoms with Crippen molar-refractivity contribution in [3.63, 3.8) is 0 Å². The highest BCUT2D eigenvalue weighted by Crippen LogP contribution is 2.26. The van der Waals surface area contributed by atoms with Crippen molar-refractivity contribution in [2.45, 2.75) is 24.3 Å². The summed E-state index contributed by atoms with van der Waals surface area (Å²) in [6.45, 7) is 1.94. The van der Waals surface area contributed by atoms with Gasteiger partial charge in [-0.2, -0.15) is 0 Å². The van der Waals surface area contributed by atoms with Crippen LogP contribution in [-0.4, -0.2) is 29.4 Å². The largest absolute Gasteiger partial charge is 0.392 e. The Morgan fingerprint density at radius 1 is 1.53 bits per heavy atom. The molecular weight excluding hydrogens is 258 g/mol. The van der Waals surface area contributed by atoms with Crippen molar-refractivity contribution in [2.75, 3.05) is 12.3 Å². The standard InChI is InChI=1S/C12H16ClNO2S/c1-9(15)8-14-12(16)6-7-17-11-5-3-2-4-10(11)13/h2-5,9,15H,6-8H2,1H3,(H,14,16)/t9-/m0/s1. The molecule has 0 radical (unpaired) electrons. The van der Waals surface area contributed by atoms with Gasteiger partial charge in [0, 0.05) is 23.6 Å². The maximum absolute atomic E-state index is 11.4. The molecule has 0 saturated heterocycles. The third-order valence-electron chi connectivity index (χ3n) is 2.02. The minimum Gasteiger partial charge on any atom is -0.392 e. The summed E-state index contributed by atoms with van der Waals surface area (Å²) in [5.74, 6) is 0.625. The van der Waals surface area contributed by atoms with Gasteiger partial charge in [-0.05, 0) is 19.1 Å². The zero-order chi connectivity index (χ0) is 12.7. The second-order valence-corrected chi connectivity index (χ2v) is 5.23. The highest BCUT2D eigenvalue weighted by molar-refractivity contribution is 7.99. The molecule has 1 rings (SSSR count). The molecule has 0 aliphatic carbocycles. The monoisotopic (exact) mass is 273 g/mol. The van der Waals surface area contributed by atoms with Gasteiger partial charge < -0.3 is 10.4 Å². The third kappa shape index (κ3) is 5.96. The smallest absolute Gasteiger partial charge is 0.220 e. The van der Waals surface area contributed by atoms with Crippen LogP contribution in [-0.2, 0) is 4.79 Å². The Hall–Kier alpha value is -0.710. The zero-order valence-electron chi connectivity index (χ0n) is 9.65. The topological polar surface area (TPSA) is 49.3 Å². The molecule has 3 nitrogen and oxygen atoms in total. The number of thioether (sulfide) groups is 1. The van der Waals surface area contributed by atoms with Crippen LogP contribution in [0.15, 0.2) is 29.2 Å². The van der Waals surface area contributed by atoms with E-state index in [1.807, 2.05) is 24.3 Å². The molecule has 0 bridgehead atoms. The van der Waals surface area contributed by atoms with E-state index in [0.29, 0.717) is 23.7 Å². The van der Waals surface area contributed by atoms with Crippen LogP contribution in [0.2, 0.25) is 5.02 Å². The van der Waals surface area contributed by atoms with Crippen molar-refractivity contribution < 1.29 is 9.90 Å². The minimum atomic E-state index is -0.504. The van der Waals surface area contributed by atoms with Gasteiger partial charge in [0.2, 0.25) is 5.91 Å². The lowest BCUT2D eigenvalue weighted by Gasteiger charge is -2.07. The molecule has 1 atom stereocenters. The Bertz CT molecular complexity index is 371. The molecule has 94 valence electrons. The predicted octanol–water partition coefficient (Wildman–Crippen LogP) is 2.32. The Morgan fingerprint density at radius 2 is 2.24 bits per heavy atom. The molecule has 1 aromatic rings. The van der Waals surface area contributed by atoms with Gasteiger partial charge in [-0.3, -0.25) is 4.79 Å². The Balaban J connectivity index is 2.24. The average molecular weight is 274 g/mol. The molecule has 0 unspecified atom stereocenters. The second-order valence-electron chi connectivity index (χ2n) is 3.68. The SMILES string of the molecule is C[C@H](O)CNC(=O)CCSc1ccccc1Cl. The van der Waals surface area contributed by atoms with E-state index in [4.69, 9.17) is 16.7 Å². The number of hydrogen-bond acceptors (Lipinski definition) is 3. The molecule has 0 spiro atoms. The summed E-state index contributed by atoms with van der Waals surface area (Å²) in [4.78, 5) is 12.3. The molecule has 0 aliphatic rings. The van der Waals surface area contributed by atoms with Crippen molar-refractivity contribution in [1.29, 1.82) is 0 Å². The molecule has 0 heterocycles. The Kier molecular flexibility index (Phi) is 6.40. The molecule has 1 amide bonds. The number of amides is 1. The highest BCUT2D eigenvalue weighted by atomic mass is 35.5. The van der Waals surface area contributed by atoms with Gasteiger partial charge in [-0.15, -0.1) is 11.8 Å². The number of aliphatic hydroxyl groups excluding tert-OH is 1. The Labute approximate surface area is 111 Å². The normalized spacial score (nSPS) is 12.2. The summed E-state index contributed by atoms with van der Waals surface area (Å²) in [6.07, 6.45) is -0.0852. The van der Waals surface area contributed by atoms with Gasteiger partial charge in [0.05, 0.1) is 11.1 Å². The molecule has 0 aromatic heterocycles. The maximum atomic E-state index is 11.4. The predicted molar refractivity (Wildman–Crippen MR) is 71.5 cm³/mol. The first-order valence-electron chi connectivity index (χ1n) is 5.41. The first-order valence-corrected chi connectivity index (χ1v) is 6.78. The van der Waals surface area contributed by atoms with Crippen LogP contribution in [0.3, 0.4) is 0 Å². The fourth-order valence-electron chi connectivity index (χ4n) is 1.17. The average Bonchev–Trinajstić information content (AvgIpc) is 2.29. The fraction of sp³-hybridized carbons (Fsp3) is 0.417. The van der Waals surface area contributed by atoms with Crippen molar-refractivity contribution >= 4 is 29.3 Å². The number of carbonyl (C=O) groups excluding carboxylic acids is 1. The molecular formula is C12H16ClNO2S. The quantitative estimate of drug-likeness (QED) is 0.782. The number of hydrogen-bond donors (Lipinski definition) is 2. The molecule has 1 aromatic carbocycles. The number of rotatable bonds is 6. The first-order chi connectivity index (χ1) is 8.09. The molecule has 0 saturated carbocycles. The molecule has 0 aliphatic heterocycles. The Morgan fingerprint density at radius 3 is 2.88 bits per heavy atom. The number of halogens is 1. The van der Waals surface area contributed by atoms with Crippen LogP contribution in [0.25, 0.3) is 0 Å². The summed E-state index contributed by atoms with van der Waals surface area (Å²) in [6, 6.07) is 7.56. The van der Waals surface area contributed by atoms with Crippen LogP contribution in [0, 0.1) is 0 Å². The van der Waals surface area contributed by atoms with Crippen LogP contribution in [0.5, 0.6) is 0 Å². The number of carbonyl (C=O) groups is 1. The van der Waals surface area contributed by atoms with E-state index >= 15 is 0 Å². The summed E-state index contributed by atoms with van der Waals surface area (Å²) in [5, 5.41) is 12.4. The van der Waals surface area contributed by atoms with Crippen LogP contribution < -0.4 is 5.32 Å². The van der Waals surface area contributed by atoms with Crippen molar-refractivity contribution in [3.05, 3.63) is 29.3 Å². The van der Waals surface area contributed by atoms with Crippen molar-refractivity contribution in [2.24, 2.45) is 0 Å². The van der Waals surface area contributed by atoms with E-state index in [2.05, 4.69) is 5.32 Å². The van der Waals surface area contributed by atoms with Crippen molar-refractivity contribution in [3.8, 4) is 0 Å². The summed E-state index contributed by atoms with van der Waals surface area (Å²) in [5.41, 5.74) is 0. The number of aliphatic hydroxyl groups is 1. The lowest BCUT2D eigenvalue weighted by atomic mass is 10.4. The van der Waals surface area contributed by atoms with E-state index in [0.717, 1.165) is 4.90 Å². The van der Waals surface area contributed by atoms with E-state index < -0.39 is 6.10 Å². The molecule has 17 heavy (non-hydrogen) atoms. The van der Waals surface area contributed by atoms with E-state index in [-0.39, 0.29) is 5.91 Å². The van der Waals surface area contributed by atoms with E-state index in [1.165, 1.54) is 0 Å². The van der Waals surface area contributed by atoms with Crippen LogP contribution >= 0.6 is 23.4 Å². The van der Waals surface area contributed by atoms with E-state index in [1.54, 1.807) is 18.7 Å². The lowest BCUT2D eigenvalue weighted by molar-refractivity contribution is -0.121. The minimum absolute atomic E-state index is 0.0505. The maximum Gasteiger partial charge on any atom is 0.220 e. The summed E-state index contributed by atoms with van der Waals surface area (Å²) in [7, 11) is 0. The molecule has 5 heteroatoms. The number of nitrogens with one attached hydrogen (secondary N) is 1. The second kappa shape index (κ2) is 7.58. The van der Waals surface area contributed by atoms with Gasteiger partial charge in [-0.25, -0.2) is 0 Å². The number of benzene rings is 1. The first kappa shape index (κ1) is 14.4. The molecule has 0 fully saturated rings.